The standard InChI is InChI=1S/C23H30N4O3.HI/c1-4-25-23(26-13-16-6-8-17(9-7-16)22(24)28)27-14-19-12-21-18(10-15(3)30-21)11-20(19)29-5-2;/h6-9,11-12,15H,4-5,10,13-14H2,1-3H3,(H2,24,28)(H2,25,26,27);1H. The third kappa shape index (κ3) is 6.75. The molecule has 1 unspecified atom stereocenters. The molecule has 2 aromatic carbocycles. The van der Waals surface area contributed by atoms with Gasteiger partial charge in [-0.1, -0.05) is 12.1 Å². The Labute approximate surface area is 200 Å². The quantitative estimate of drug-likeness (QED) is 0.272. The van der Waals surface area contributed by atoms with Crippen LogP contribution in [0.5, 0.6) is 11.5 Å². The summed E-state index contributed by atoms with van der Waals surface area (Å²) in [7, 11) is 0. The van der Waals surface area contributed by atoms with Crippen molar-refractivity contribution in [2.24, 2.45) is 10.7 Å². The van der Waals surface area contributed by atoms with Crippen LogP contribution in [0.4, 0.5) is 0 Å². The summed E-state index contributed by atoms with van der Waals surface area (Å²) in [6.45, 7) is 8.48. The fourth-order valence-electron chi connectivity index (χ4n) is 3.37. The highest BCUT2D eigenvalue weighted by molar-refractivity contribution is 14.0. The number of hydrogen-bond acceptors (Lipinski definition) is 4. The van der Waals surface area contributed by atoms with Crippen molar-refractivity contribution in [1.82, 2.24) is 10.6 Å². The van der Waals surface area contributed by atoms with Gasteiger partial charge in [-0.2, -0.15) is 0 Å². The zero-order valence-electron chi connectivity index (χ0n) is 18.2. The number of primary amides is 1. The van der Waals surface area contributed by atoms with Crippen LogP contribution >= 0.6 is 24.0 Å². The number of nitrogens with one attached hydrogen (secondary N) is 2. The first-order valence-electron chi connectivity index (χ1n) is 10.4. The Balaban J connectivity index is 0.00000341. The molecule has 0 fully saturated rings. The Morgan fingerprint density at radius 3 is 2.61 bits per heavy atom. The number of hydrogen-bond donors (Lipinski definition) is 3. The lowest BCUT2D eigenvalue weighted by atomic mass is 10.1. The predicted octanol–water partition coefficient (Wildman–Crippen LogP) is 3.38. The van der Waals surface area contributed by atoms with E-state index in [1.165, 1.54) is 5.56 Å². The fourth-order valence-corrected chi connectivity index (χ4v) is 3.37. The van der Waals surface area contributed by atoms with Crippen molar-refractivity contribution < 1.29 is 14.3 Å². The summed E-state index contributed by atoms with van der Waals surface area (Å²) in [5.74, 6) is 2.07. The number of aliphatic imine (C=N–C) groups is 1. The highest BCUT2D eigenvalue weighted by atomic mass is 127. The molecule has 1 aliphatic rings. The minimum Gasteiger partial charge on any atom is -0.494 e. The average molecular weight is 538 g/mol. The lowest BCUT2D eigenvalue weighted by Gasteiger charge is -2.15. The molecule has 0 bridgehead atoms. The summed E-state index contributed by atoms with van der Waals surface area (Å²) in [5.41, 5.74) is 8.99. The molecule has 1 aliphatic heterocycles. The van der Waals surface area contributed by atoms with E-state index in [4.69, 9.17) is 15.2 Å². The number of nitrogens with zero attached hydrogens (tertiary/aromatic N) is 1. The van der Waals surface area contributed by atoms with Crippen LogP contribution < -0.4 is 25.8 Å². The zero-order valence-corrected chi connectivity index (χ0v) is 20.6. The van der Waals surface area contributed by atoms with Crippen molar-refractivity contribution in [3.05, 3.63) is 58.7 Å². The monoisotopic (exact) mass is 538 g/mol. The predicted molar refractivity (Wildman–Crippen MR) is 133 cm³/mol. The summed E-state index contributed by atoms with van der Waals surface area (Å²) in [5, 5.41) is 6.62. The van der Waals surface area contributed by atoms with Gasteiger partial charge in [-0.15, -0.1) is 24.0 Å². The van der Waals surface area contributed by atoms with Crippen molar-refractivity contribution in [3.63, 3.8) is 0 Å². The van der Waals surface area contributed by atoms with E-state index >= 15 is 0 Å². The Hall–Kier alpha value is -2.49. The van der Waals surface area contributed by atoms with Gasteiger partial charge in [0.1, 0.15) is 17.6 Å². The molecule has 3 rings (SSSR count). The van der Waals surface area contributed by atoms with Gasteiger partial charge in [0.25, 0.3) is 0 Å². The molecule has 1 amide bonds. The molecule has 168 valence electrons. The molecule has 0 spiro atoms. The number of fused-ring (bicyclic) bond motifs is 1. The number of nitrogens with two attached hydrogens (primary N) is 1. The number of halogens is 1. The van der Waals surface area contributed by atoms with Crippen LogP contribution in [0, 0.1) is 0 Å². The third-order valence-electron chi connectivity index (χ3n) is 4.83. The van der Waals surface area contributed by atoms with Gasteiger partial charge in [0.05, 0.1) is 13.2 Å². The molecule has 0 aromatic heterocycles. The third-order valence-corrected chi connectivity index (χ3v) is 4.83. The molecule has 0 saturated heterocycles. The maximum Gasteiger partial charge on any atom is 0.248 e. The largest absolute Gasteiger partial charge is 0.494 e. The zero-order chi connectivity index (χ0) is 21.5. The van der Waals surface area contributed by atoms with Crippen LogP contribution in [0.3, 0.4) is 0 Å². The van der Waals surface area contributed by atoms with E-state index in [0.717, 1.165) is 35.6 Å². The Kier molecular flexibility index (Phi) is 9.42. The van der Waals surface area contributed by atoms with Gasteiger partial charge in [-0.05, 0) is 50.6 Å². The summed E-state index contributed by atoms with van der Waals surface area (Å²) >= 11 is 0. The molecule has 8 heteroatoms. The maximum absolute atomic E-state index is 11.2. The number of amides is 1. The minimum absolute atomic E-state index is 0. The van der Waals surface area contributed by atoms with Crippen LogP contribution in [0.15, 0.2) is 41.4 Å². The number of guanidine groups is 1. The van der Waals surface area contributed by atoms with Crippen LogP contribution in [0.1, 0.15) is 47.8 Å². The van der Waals surface area contributed by atoms with Gasteiger partial charge >= 0.3 is 0 Å². The molecular weight excluding hydrogens is 507 g/mol. The van der Waals surface area contributed by atoms with Crippen LogP contribution in [0.2, 0.25) is 0 Å². The molecule has 2 aromatic rings. The Morgan fingerprint density at radius 1 is 1.23 bits per heavy atom. The summed E-state index contributed by atoms with van der Waals surface area (Å²) in [4.78, 5) is 15.8. The molecule has 0 aliphatic carbocycles. The second-order valence-electron chi connectivity index (χ2n) is 7.24. The van der Waals surface area contributed by atoms with Gasteiger partial charge in [0, 0.05) is 36.2 Å². The van der Waals surface area contributed by atoms with E-state index < -0.39 is 5.91 Å². The molecular formula is C23H31IN4O3. The highest BCUT2D eigenvalue weighted by Gasteiger charge is 2.21. The molecule has 1 atom stereocenters. The van der Waals surface area contributed by atoms with Gasteiger partial charge < -0.3 is 25.8 Å². The van der Waals surface area contributed by atoms with Gasteiger partial charge in [0.15, 0.2) is 5.96 Å². The molecule has 31 heavy (non-hydrogen) atoms. The van der Waals surface area contributed by atoms with Crippen molar-refractivity contribution in [1.29, 1.82) is 0 Å². The van der Waals surface area contributed by atoms with Crippen molar-refractivity contribution in [2.75, 3.05) is 13.2 Å². The van der Waals surface area contributed by atoms with E-state index in [-0.39, 0.29) is 30.1 Å². The lowest BCUT2D eigenvalue weighted by Crippen LogP contribution is -2.36. The summed E-state index contributed by atoms with van der Waals surface area (Å²) in [6.07, 6.45) is 1.10. The number of ether oxygens (including phenoxy) is 2. The van der Waals surface area contributed by atoms with Crippen molar-refractivity contribution in [2.45, 2.75) is 46.4 Å². The first-order chi connectivity index (χ1) is 14.5. The number of carbonyl (C=O) groups is 1. The van der Waals surface area contributed by atoms with E-state index in [0.29, 0.717) is 31.2 Å². The van der Waals surface area contributed by atoms with Crippen molar-refractivity contribution in [3.8, 4) is 11.5 Å². The number of carbonyl (C=O) groups excluding carboxylic acids is 1. The lowest BCUT2D eigenvalue weighted by molar-refractivity contribution is 0.100. The van der Waals surface area contributed by atoms with Crippen LogP contribution in [-0.2, 0) is 19.5 Å². The average Bonchev–Trinajstić information content (AvgIpc) is 3.09. The minimum atomic E-state index is -0.433. The molecule has 7 nitrogen and oxygen atoms in total. The van der Waals surface area contributed by atoms with Gasteiger partial charge in [0.2, 0.25) is 5.91 Å². The summed E-state index contributed by atoms with van der Waals surface area (Å²) in [6, 6.07) is 11.3. The second-order valence-corrected chi connectivity index (χ2v) is 7.24. The summed E-state index contributed by atoms with van der Waals surface area (Å²) < 4.78 is 11.8. The normalized spacial score (nSPS) is 14.8. The first-order valence-corrected chi connectivity index (χ1v) is 10.4. The van der Waals surface area contributed by atoms with Gasteiger partial charge in [-0.25, -0.2) is 4.99 Å². The Bertz CT molecular complexity index is 916. The molecule has 4 N–H and O–H groups in total. The maximum atomic E-state index is 11.2. The fraction of sp³-hybridized carbons (Fsp3) is 0.391. The second kappa shape index (κ2) is 11.8. The van der Waals surface area contributed by atoms with E-state index in [1.807, 2.05) is 26.0 Å². The Morgan fingerprint density at radius 2 is 1.97 bits per heavy atom. The van der Waals surface area contributed by atoms with E-state index in [1.54, 1.807) is 12.1 Å². The van der Waals surface area contributed by atoms with E-state index in [9.17, 15) is 4.79 Å². The number of benzene rings is 2. The topological polar surface area (TPSA) is 98.0 Å². The molecule has 0 saturated carbocycles. The molecule has 1 heterocycles. The van der Waals surface area contributed by atoms with Gasteiger partial charge in [-0.3, -0.25) is 4.79 Å². The van der Waals surface area contributed by atoms with Crippen LogP contribution in [0.25, 0.3) is 0 Å². The smallest absolute Gasteiger partial charge is 0.248 e. The molecule has 0 radical (unpaired) electrons. The first kappa shape index (κ1) is 24.8. The number of rotatable bonds is 8. The SMILES string of the molecule is CCNC(=NCc1ccc(C(N)=O)cc1)NCc1cc2c(cc1OCC)CC(C)O2.I. The van der Waals surface area contributed by atoms with Crippen molar-refractivity contribution >= 4 is 35.8 Å². The van der Waals surface area contributed by atoms with E-state index in [2.05, 4.69) is 34.7 Å². The van der Waals surface area contributed by atoms with Crippen LogP contribution in [-0.4, -0.2) is 31.1 Å². The highest BCUT2D eigenvalue weighted by Crippen LogP contribution is 2.35.